The van der Waals surface area contributed by atoms with Gasteiger partial charge in [-0.2, -0.15) is 0 Å². The van der Waals surface area contributed by atoms with E-state index in [0.717, 1.165) is 19.3 Å². The highest BCUT2D eigenvalue weighted by Gasteiger charge is 2.25. The van der Waals surface area contributed by atoms with Crippen LogP contribution < -0.4 is 5.32 Å². The van der Waals surface area contributed by atoms with Crippen molar-refractivity contribution in [2.24, 2.45) is 5.92 Å². The number of rotatable bonds is 5. The van der Waals surface area contributed by atoms with E-state index in [1.807, 2.05) is 6.07 Å². The van der Waals surface area contributed by atoms with Gasteiger partial charge in [0.05, 0.1) is 4.92 Å². The van der Waals surface area contributed by atoms with Crippen molar-refractivity contribution in [1.82, 2.24) is 0 Å². The number of nitrogens with one attached hydrogen (secondary N) is 1. The zero-order valence-electron chi connectivity index (χ0n) is 15.1. The predicted octanol–water partition coefficient (Wildman–Crippen LogP) is 3.97. The Morgan fingerprint density at radius 2 is 2.11 bits per heavy atom. The maximum atomic E-state index is 12.4. The number of hydrogen-bond donors (Lipinski definition) is 1. The maximum Gasteiger partial charge on any atom is 0.349 e. The number of fused-ring (bicyclic) bond motifs is 1. The van der Waals surface area contributed by atoms with Crippen LogP contribution in [-0.4, -0.2) is 22.9 Å². The molecule has 0 aliphatic heterocycles. The number of esters is 1. The van der Waals surface area contributed by atoms with E-state index in [2.05, 4.69) is 12.2 Å². The van der Waals surface area contributed by atoms with Crippen LogP contribution in [0.3, 0.4) is 0 Å². The molecular formula is C19H20N2O5S. The molecule has 1 aromatic heterocycles. The van der Waals surface area contributed by atoms with Crippen molar-refractivity contribution >= 4 is 34.6 Å². The molecule has 2 aromatic rings. The number of ether oxygens (including phenoxy) is 1. The zero-order chi connectivity index (χ0) is 19.6. The Kier molecular flexibility index (Phi) is 5.55. The first-order valence-electron chi connectivity index (χ1n) is 8.72. The van der Waals surface area contributed by atoms with Crippen molar-refractivity contribution in [2.45, 2.75) is 39.2 Å². The Labute approximate surface area is 160 Å². The van der Waals surface area contributed by atoms with E-state index in [9.17, 15) is 19.7 Å². The second-order valence-electron chi connectivity index (χ2n) is 6.72. The molecule has 1 aromatic carbocycles. The number of nitro groups is 1. The van der Waals surface area contributed by atoms with Crippen LogP contribution in [0, 0.1) is 16.0 Å². The molecule has 7 nitrogen and oxygen atoms in total. The molecule has 1 amide bonds. The summed E-state index contributed by atoms with van der Waals surface area (Å²) in [4.78, 5) is 36.8. The molecule has 1 N–H and O–H groups in total. The van der Waals surface area contributed by atoms with Crippen molar-refractivity contribution < 1.29 is 19.2 Å². The van der Waals surface area contributed by atoms with Crippen LogP contribution in [-0.2, 0) is 22.4 Å². The first-order valence-corrected chi connectivity index (χ1v) is 9.53. The van der Waals surface area contributed by atoms with Crippen molar-refractivity contribution in [3.8, 4) is 0 Å². The highest BCUT2D eigenvalue weighted by atomic mass is 32.1. The summed E-state index contributed by atoms with van der Waals surface area (Å²) in [7, 11) is 0. The third-order valence-corrected chi connectivity index (χ3v) is 5.76. The number of carbonyl (C=O) groups excluding carboxylic acids is 2. The molecule has 0 spiro atoms. The van der Waals surface area contributed by atoms with Crippen molar-refractivity contribution in [3.05, 3.63) is 55.8 Å². The van der Waals surface area contributed by atoms with Crippen LogP contribution >= 0.6 is 11.3 Å². The number of amides is 1. The highest BCUT2D eigenvalue weighted by Crippen LogP contribution is 2.32. The standard InChI is InChI=1S/C19H20N2O5S/c1-11-7-8-16-13(9-11)10-17(27-16)19(23)26-12(2)18(22)20-14-5-3-4-6-15(14)21(24)25/h3-6,10-12H,7-9H2,1-2H3,(H,20,22)/t11-,12-/m1/s1. The fourth-order valence-corrected chi connectivity index (χ4v) is 4.14. The van der Waals surface area contributed by atoms with Crippen LogP contribution in [0.1, 0.15) is 40.4 Å². The zero-order valence-corrected chi connectivity index (χ0v) is 15.9. The summed E-state index contributed by atoms with van der Waals surface area (Å²) in [5.74, 6) is -0.567. The molecule has 142 valence electrons. The van der Waals surface area contributed by atoms with E-state index in [0.29, 0.717) is 10.8 Å². The second-order valence-corrected chi connectivity index (χ2v) is 7.85. The molecule has 1 aliphatic rings. The van der Waals surface area contributed by atoms with Gasteiger partial charge in [-0.3, -0.25) is 14.9 Å². The number of benzene rings is 1. The number of para-hydroxylation sites is 2. The minimum atomic E-state index is -1.07. The highest BCUT2D eigenvalue weighted by molar-refractivity contribution is 7.14. The summed E-state index contributed by atoms with van der Waals surface area (Å²) >= 11 is 1.41. The molecular weight excluding hydrogens is 368 g/mol. The lowest BCUT2D eigenvalue weighted by Crippen LogP contribution is -2.30. The van der Waals surface area contributed by atoms with Gasteiger partial charge >= 0.3 is 5.97 Å². The lowest BCUT2D eigenvalue weighted by Gasteiger charge is -2.16. The fraction of sp³-hybridized carbons (Fsp3) is 0.368. The summed E-state index contributed by atoms with van der Waals surface area (Å²) < 4.78 is 5.26. The number of carbonyl (C=O) groups is 2. The van der Waals surface area contributed by atoms with Gasteiger partial charge < -0.3 is 10.1 Å². The van der Waals surface area contributed by atoms with E-state index < -0.39 is 22.9 Å². The van der Waals surface area contributed by atoms with Gasteiger partial charge in [0.15, 0.2) is 6.10 Å². The molecule has 3 rings (SSSR count). The summed E-state index contributed by atoms with van der Waals surface area (Å²) in [6.07, 6.45) is 1.95. The molecule has 2 atom stereocenters. The summed E-state index contributed by atoms with van der Waals surface area (Å²) in [6, 6.07) is 7.67. The Bertz CT molecular complexity index is 892. The summed E-state index contributed by atoms with van der Waals surface area (Å²) in [5.41, 5.74) is 1.03. The molecule has 0 bridgehead atoms. The molecule has 0 unspecified atom stereocenters. The Hall–Kier alpha value is -2.74. The number of aryl methyl sites for hydroxylation is 1. The molecule has 8 heteroatoms. The average Bonchev–Trinajstić information content (AvgIpc) is 3.05. The van der Waals surface area contributed by atoms with Gasteiger partial charge in [0.2, 0.25) is 0 Å². The molecule has 0 fully saturated rings. The average molecular weight is 388 g/mol. The third kappa shape index (κ3) is 4.33. The van der Waals surface area contributed by atoms with E-state index >= 15 is 0 Å². The topological polar surface area (TPSA) is 98.5 Å². The van der Waals surface area contributed by atoms with E-state index in [1.165, 1.54) is 46.9 Å². The number of nitro benzene ring substituents is 1. The quantitative estimate of drug-likeness (QED) is 0.475. The van der Waals surface area contributed by atoms with Gasteiger partial charge in [-0.25, -0.2) is 4.79 Å². The third-order valence-electron chi connectivity index (χ3n) is 4.54. The lowest BCUT2D eigenvalue weighted by atomic mass is 9.90. The molecule has 0 saturated heterocycles. The monoisotopic (exact) mass is 388 g/mol. The van der Waals surface area contributed by atoms with Gasteiger partial charge in [0, 0.05) is 10.9 Å². The minimum Gasteiger partial charge on any atom is -0.448 e. The number of hydrogen-bond acceptors (Lipinski definition) is 6. The van der Waals surface area contributed by atoms with Gasteiger partial charge in [-0.05, 0) is 49.8 Å². The Morgan fingerprint density at radius 3 is 2.85 bits per heavy atom. The van der Waals surface area contributed by atoms with E-state index in [-0.39, 0.29) is 11.4 Å². The molecule has 0 saturated carbocycles. The largest absolute Gasteiger partial charge is 0.448 e. The number of nitrogens with zero attached hydrogens (tertiary/aromatic N) is 1. The fourth-order valence-electron chi connectivity index (χ4n) is 3.05. The lowest BCUT2D eigenvalue weighted by molar-refractivity contribution is -0.383. The van der Waals surface area contributed by atoms with Crippen LogP contribution in [0.5, 0.6) is 0 Å². The van der Waals surface area contributed by atoms with Crippen LogP contribution in [0.15, 0.2) is 30.3 Å². The minimum absolute atomic E-state index is 0.0657. The second kappa shape index (κ2) is 7.87. The van der Waals surface area contributed by atoms with E-state index in [1.54, 1.807) is 6.07 Å². The number of thiophene rings is 1. The van der Waals surface area contributed by atoms with Gasteiger partial charge in [-0.15, -0.1) is 11.3 Å². The first kappa shape index (κ1) is 19.0. The van der Waals surface area contributed by atoms with Gasteiger partial charge in [-0.1, -0.05) is 19.1 Å². The van der Waals surface area contributed by atoms with Crippen LogP contribution in [0.4, 0.5) is 11.4 Å². The van der Waals surface area contributed by atoms with E-state index in [4.69, 9.17) is 4.74 Å². The Morgan fingerprint density at radius 1 is 1.37 bits per heavy atom. The van der Waals surface area contributed by atoms with Crippen LogP contribution in [0.2, 0.25) is 0 Å². The molecule has 1 heterocycles. The predicted molar refractivity (Wildman–Crippen MR) is 102 cm³/mol. The Balaban J connectivity index is 1.65. The van der Waals surface area contributed by atoms with Crippen molar-refractivity contribution in [1.29, 1.82) is 0 Å². The van der Waals surface area contributed by atoms with Crippen LogP contribution in [0.25, 0.3) is 0 Å². The summed E-state index contributed by atoms with van der Waals surface area (Å²) in [5, 5.41) is 13.5. The number of anilines is 1. The van der Waals surface area contributed by atoms with Crippen molar-refractivity contribution in [2.75, 3.05) is 5.32 Å². The molecule has 27 heavy (non-hydrogen) atoms. The normalized spacial score (nSPS) is 16.9. The van der Waals surface area contributed by atoms with Gasteiger partial charge in [0.25, 0.3) is 11.6 Å². The van der Waals surface area contributed by atoms with Crippen molar-refractivity contribution in [3.63, 3.8) is 0 Å². The molecule has 0 radical (unpaired) electrons. The summed E-state index contributed by atoms with van der Waals surface area (Å²) in [6.45, 7) is 3.63. The smallest absolute Gasteiger partial charge is 0.349 e. The maximum absolute atomic E-state index is 12.4. The van der Waals surface area contributed by atoms with Gasteiger partial charge in [0.1, 0.15) is 10.6 Å². The molecule has 1 aliphatic carbocycles. The SMILES string of the molecule is C[C@@H]1CCc2sc(C(=O)O[C@H](C)C(=O)Nc3ccccc3[N+](=O)[O-])cc2C1. The first-order chi connectivity index (χ1) is 12.8.